The van der Waals surface area contributed by atoms with Crippen LogP contribution in [0.5, 0.6) is 0 Å². The normalized spacial score (nSPS) is 12.1. The molecule has 180 valence electrons. The van der Waals surface area contributed by atoms with Crippen LogP contribution in [0.1, 0.15) is 31.9 Å². The Balaban J connectivity index is 1.48. The molecule has 4 heteroatoms. The van der Waals surface area contributed by atoms with Crippen molar-refractivity contribution in [3.63, 3.8) is 0 Å². The molecule has 4 nitrogen and oxygen atoms in total. The van der Waals surface area contributed by atoms with Gasteiger partial charge in [-0.3, -0.25) is 9.98 Å². The van der Waals surface area contributed by atoms with Gasteiger partial charge in [-0.1, -0.05) is 75.4 Å². The van der Waals surface area contributed by atoms with Crippen molar-refractivity contribution in [3.8, 4) is 22.6 Å². The van der Waals surface area contributed by atoms with Gasteiger partial charge in [0, 0.05) is 29.7 Å². The third-order valence-corrected chi connectivity index (χ3v) is 6.65. The molecule has 0 atom stereocenters. The largest absolute Gasteiger partial charge is 0.436 e. The van der Waals surface area contributed by atoms with Gasteiger partial charge in [0.25, 0.3) is 0 Å². The molecule has 0 aliphatic rings. The van der Waals surface area contributed by atoms with Gasteiger partial charge in [0.15, 0.2) is 5.58 Å². The summed E-state index contributed by atoms with van der Waals surface area (Å²) in [6.07, 6.45) is 5.54. The van der Waals surface area contributed by atoms with Crippen LogP contribution in [0.15, 0.2) is 113 Å². The van der Waals surface area contributed by atoms with Gasteiger partial charge >= 0.3 is 0 Å². The van der Waals surface area contributed by atoms with Gasteiger partial charge < -0.3 is 4.42 Å². The Morgan fingerprint density at radius 3 is 2.38 bits per heavy atom. The number of fused-ring (bicyclic) bond motifs is 2. The summed E-state index contributed by atoms with van der Waals surface area (Å²) in [4.78, 5) is 14.1. The Bertz CT molecular complexity index is 1750. The molecule has 0 aliphatic heterocycles. The third kappa shape index (κ3) is 4.43. The van der Waals surface area contributed by atoms with Crippen LogP contribution in [0.25, 0.3) is 44.5 Å². The first-order valence-electron chi connectivity index (χ1n) is 12.4. The number of oxazole rings is 1. The van der Waals surface area contributed by atoms with E-state index in [1.165, 1.54) is 16.3 Å². The van der Waals surface area contributed by atoms with Gasteiger partial charge in [0.1, 0.15) is 5.52 Å². The Morgan fingerprint density at radius 1 is 0.784 bits per heavy atom. The zero-order valence-electron chi connectivity index (χ0n) is 21.1. The van der Waals surface area contributed by atoms with E-state index in [1.807, 2.05) is 55.0 Å². The van der Waals surface area contributed by atoms with Crippen molar-refractivity contribution >= 4 is 33.8 Å². The van der Waals surface area contributed by atoms with Gasteiger partial charge in [-0.2, -0.15) is 0 Å². The first kappa shape index (κ1) is 22.9. The molecule has 6 rings (SSSR count). The second-order valence-corrected chi connectivity index (χ2v) is 10.2. The smallest absolute Gasteiger partial charge is 0.229 e. The van der Waals surface area contributed by atoms with E-state index in [9.17, 15) is 0 Å². The van der Waals surface area contributed by atoms with E-state index in [4.69, 9.17) is 14.4 Å². The lowest BCUT2D eigenvalue weighted by molar-refractivity contribution is 0.584. The lowest BCUT2D eigenvalue weighted by Gasteiger charge is -2.20. The quantitative estimate of drug-likeness (QED) is 0.236. The van der Waals surface area contributed by atoms with Gasteiger partial charge in [-0.25, -0.2) is 4.98 Å². The summed E-state index contributed by atoms with van der Waals surface area (Å²) in [6.45, 7) is 6.62. The van der Waals surface area contributed by atoms with Crippen LogP contribution in [-0.4, -0.2) is 16.2 Å². The number of aliphatic imine (C=N–C) groups is 1. The fraction of sp³-hybridized carbons (Fsp3) is 0.121. The minimum atomic E-state index is -0.0381. The molecular weight excluding hydrogens is 454 g/mol. The summed E-state index contributed by atoms with van der Waals surface area (Å²) in [5.41, 5.74) is 7.59. The fourth-order valence-electron chi connectivity index (χ4n) is 4.60. The SMILES string of the molecule is CC(C)(C)c1cc(-c2ccncc2)c2nc(-c3ccccc3N=Cc3cccc4ccccc34)oc2c1. The highest BCUT2D eigenvalue weighted by atomic mass is 16.3. The van der Waals surface area contributed by atoms with Gasteiger partial charge in [0.2, 0.25) is 5.89 Å². The lowest BCUT2D eigenvalue weighted by Crippen LogP contribution is -2.11. The molecule has 4 aromatic carbocycles. The minimum absolute atomic E-state index is 0.0381. The van der Waals surface area contributed by atoms with Crippen molar-refractivity contribution in [2.24, 2.45) is 4.99 Å². The monoisotopic (exact) mass is 481 g/mol. The maximum absolute atomic E-state index is 6.41. The minimum Gasteiger partial charge on any atom is -0.436 e. The van der Waals surface area contributed by atoms with Crippen molar-refractivity contribution < 1.29 is 4.42 Å². The number of para-hydroxylation sites is 1. The lowest BCUT2D eigenvalue weighted by atomic mass is 9.85. The topological polar surface area (TPSA) is 51.3 Å². The highest BCUT2D eigenvalue weighted by Crippen LogP contribution is 2.38. The standard InChI is InChI=1S/C33H27N3O/c1-33(2,3)25-19-28(23-15-17-34-18-16-23)31-30(20-25)37-32(36-31)27-13-6-7-14-29(27)35-21-24-11-8-10-22-9-4-5-12-26(22)24/h4-21H,1-3H3. The summed E-state index contributed by atoms with van der Waals surface area (Å²) in [5, 5.41) is 2.36. The molecule has 2 aromatic heterocycles. The molecule has 6 aromatic rings. The van der Waals surface area contributed by atoms with Crippen molar-refractivity contribution in [1.82, 2.24) is 9.97 Å². The molecule has 0 radical (unpaired) electrons. The van der Waals surface area contributed by atoms with E-state index in [2.05, 4.69) is 80.4 Å². The molecule has 0 N–H and O–H groups in total. The van der Waals surface area contributed by atoms with E-state index in [1.54, 1.807) is 0 Å². The highest BCUT2D eigenvalue weighted by molar-refractivity contribution is 6.01. The molecule has 37 heavy (non-hydrogen) atoms. The second-order valence-electron chi connectivity index (χ2n) is 10.2. The van der Waals surface area contributed by atoms with Crippen LogP contribution in [0.3, 0.4) is 0 Å². The predicted molar refractivity (Wildman–Crippen MR) is 153 cm³/mol. The van der Waals surface area contributed by atoms with E-state index in [0.29, 0.717) is 5.89 Å². The first-order valence-corrected chi connectivity index (χ1v) is 12.4. The van der Waals surface area contributed by atoms with Crippen molar-refractivity contribution in [3.05, 3.63) is 115 Å². The Morgan fingerprint density at radius 2 is 1.54 bits per heavy atom. The summed E-state index contributed by atoms with van der Waals surface area (Å²) in [6, 6.07) is 30.9. The highest BCUT2D eigenvalue weighted by Gasteiger charge is 2.21. The van der Waals surface area contributed by atoms with Crippen molar-refractivity contribution in [2.45, 2.75) is 26.2 Å². The molecular formula is C33H27N3O. The third-order valence-electron chi connectivity index (χ3n) is 6.65. The van der Waals surface area contributed by atoms with E-state index >= 15 is 0 Å². The number of pyridine rings is 1. The number of benzene rings is 4. The first-order chi connectivity index (χ1) is 18.0. The zero-order chi connectivity index (χ0) is 25.4. The van der Waals surface area contributed by atoms with E-state index < -0.39 is 0 Å². The fourth-order valence-corrected chi connectivity index (χ4v) is 4.60. The van der Waals surface area contributed by atoms with Crippen LogP contribution < -0.4 is 0 Å². The Hall–Kier alpha value is -4.57. The Labute approximate surface area is 216 Å². The zero-order valence-corrected chi connectivity index (χ0v) is 21.1. The molecule has 0 fully saturated rings. The van der Waals surface area contributed by atoms with Crippen LogP contribution in [0, 0.1) is 0 Å². The molecule has 2 heterocycles. The molecule has 0 spiro atoms. The van der Waals surface area contributed by atoms with Crippen LogP contribution in [0.4, 0.5) is 5.69 Å². The average Bonchev–Trinajstić information content (AvgIpc) is 3.36. The maximum Gasteiger partial charge on any atom is 0.229 e. The van der Waals surface area contributed by atoms with Crippen LogP contribution in [0.2, 0.25) is 0 Å². The van der Waals surface area contributed by atoms with Gasteiger partial charge in [-0.05, 0) is 63.7 Å². The average molecular weight is 482 g/mol. The second kappa shape index (κ2) is 9.14. The van der Waals surface area contributed by atoms with E-state index in [-0.39, 0.29) is 5.41 Å². The summed E-state index contributed by atoms with van der Waals surface area (Å²) in [5.74, 6) is 0.557. The summed E-state index contributed by atoms with van der Waals surface area (Å²) in [7, 11) is 0. The number of hydrogen-bond acceptors (Lipinski definition) is 4. The molecule has 0 amide bonds. The number of aromatic nitrogens is 2. The summed E-state index contributed by atoms with van der Waals surface area (Å²) < 4.78 is 6.41. The molecule has 0 unspecified atom stereocenters. The molecule has 0 aliphatic carbocycles. The van der Waals surface area contributed by atoms with Crippen molar-refractivity contribution in [2.75, 3.05) is 0 Å². The number of nitrogens with zero attached hydrogens (tertiary/aromatic N) is 3. The van der Waals surface area contributed by atoms with Crippen LogP contribution >= 0.6 is 0 Å². The van der Waals surface area contributed by atoms with Crippen molar-refractivity contribution in [1.29, 1.82) is 0 Å². The predicted octanol–water partition coefficient (Wildman–Crippen LogP) is 8.76. The number of rotatable bonds is 4. The summed E-state index contributed by atoms with van der Waals surface area (Å²) >= 11 is 0. The molecule has 0 bridgehead atoms. The molecule has 0 saturated heterocycles. The number of hydrogen-bond donors (Lipinski definition) is 0. The molecule has 0 saturated carbocycles. The van der Waals surface area contributed by atoms with Crippen LogP contribution in [-0.2, 0) is 5.41 Å². The van der Waals surface area contributed by atoms with Gasteiger partial charge in [-0.15, -0.1) is 0 Å². The van der Waals surface area contributed by atoms with E-state index in [0.717, 1.165) is 39.0 Å². The maximum atomic E-state index is 6.41. The van der Waals surface area contributed by atoms with Gasteiger partial charge in [0.05, 0.1) is 11.3 Å². The Kier molecular flexibility index (Phi) is 5.65.